The summed E-state index contributed by atoms with van der Waals surface area (Å²) < 4.78 is 0. The summed E-state index contributed by atoms with van der Waals surface area (Å²) in [7, 11) is 0. The Morgan fingerprint density at radius 2 is 1.61 bits per heavy atom. The van der Waals surface area contributed by atoms with E-state index in [9.17, 15) is 5.11 Å². The second kappa shape index (κ2) is 7.88. The van der Waals surface area contributed by atoms with Crippen molar-refractivity contribution >= 4 is 11.0 Å². The molecule has 1 aliphatic rings. The number of hydrogen-bond acceptors (Lipinski definition) is 3. The molecule has 0 radical (unpaired) electrons. The standard InChI is InChI=1S/C27H25N3O/c1-27(14-8-3-9-15-27)19-22-17-21(16-20-10-4-2-5-11-20)18-25(26(22)31)30-28-23-12-6-7-13-24(23)29-30/h2-14,17-18,31H,15-16,19H2,1H3. The number of hydrogen-bond donors (Lipinski definition) is 1. The lowest BCUT2D eigenvalue weighted by Gasteiger charge is -2.27. The Balaban J connectivity index is 1.60. The molecule has 0 aliphatic heterocycles. The number of aromatic nitrogens is 3. The molecule has 5 rings (SSSR count). The summed E-state index contributed by atoms with van der Waals surface area (Å²) in [5, 5.41) is 20.5. The second-order valence-corrected chi connectivity index (χ2v) is 8.59. The Kier molecular flexibility index (Phi) is 4.91. The molecule has 4 aromatic rings. The van der Waals surface area contributed by atoms with Crippen LogP contribution in [0.4, 0.5) is 0 Å². The quantitative estimate of drug-likeness (QED) is 0.456. The predicted molar refractivity (Wildman–Crippen MR) is 124 cm³/mol. The van der Waals surface area contributed by atoms with E-state index < -0.39 is 0 Å². The number of fused-ring (bicyclic) bond motifs is 1. The van der Waals surface area contributed by atoms with Crippen LogP contribution < -0.4 is 0 Å². The van der Waals surface area contributed by atoms with Gasteiger partial charge in [-0.2, -0.15) is 0 Å². The summed E-state index contributed by atoms with van der Waals surface area (Å²) in [5.74, 6) is 0.251. The molecule has 1 heterocycles. The van der Waals surface area contributed by atoms with Gasteiger partial charge >= 0.3 is 0 Å². The van der Waals surface area contributed by atoms with Crippen LogP contribution in [0.5, 0.6) is 5.75 Å². The summed E-state index contributed by atoms with van der Waals surface area (Å²) in [6.07, 6.45) is 11.1. The second-order valence-electron chi connectivity index (χ2n) is 8.59. The number of aromatic hydroxyl groups is 1. The maximum absolute atomic E-state index is 11.3. The van der Waals surface area contributed by atoms with Crippen molar-refractivity contribution in [3.63, 3.8) is 0 Å². The normalized spacial score (nSPS) is 18.0. The van der Waals surface area contributed by atoms with E-state index in [2.05, 4.69) is 71.8 Å². The van der Waals surface area contributed by atoms with Gasteiger partial charge in [-0.15, -0.1) is 15.0 Å². The summed E-state index contributed by atoms with van der Waals surface area (Å²) in [5.41, 5.74) is 5.50. The highest BCUT2D eigenvalue weighted by molar-refractivity contribution is 5.73. The van der Waals surface area contributed by atoms with Crippen molar-refractivity contribution < 1.29 is 5.11 Å². The lowest BCUT2D eigenvalue weighted by atomic mass is 9.78. The van der Waals surface area contributed by atoms with E-state index in [0.717, 1.165) is 41.4 Å². The Morgan fingerprint density at radius 3 is 2.29 bits per heavy atom. The Morgan fingerprint density at radius 1 is 0.903 bits per heavy atom. The molecular weight excluding hydrogens is 382 g/mol. The molecule has 1 aromatic heterocycles. The van der Waals surface area contributed by atoms with Crippen molar-refractivity contribution in [3.05, 3.63) is 108 Å². The van der Waals surface area contributed by atoms with Crippen molar-refractivity contribution in [1.82, 2.24) is 15.0 Å². The van der Waals surface area contributed by atoms with Gasteiger partial charge < -0.3 is 5.11 Å². The molecule has 154 valence electrons. The summed E-state index contributed by atoms with van der Waals surface area (Å²) in [6, 6.07) is 22.3. The average molecular weight is 408 g/mol. The Hall–Kier alpha value is -3.66. The van der Waals surface area contributed by atoms with Gasteiger partial charge in [0.2, 0.25) is 0 Å². The zero-order valence-electron chi connectivity index (χ0n) is 17.6. The molecule has 0 fully saturated rings. The van der Waals surface area contributed by atoms with Crippen molar-refractivity contribution in [2.75, 3.05) is 0 Å². The van der Waals surface area contributed by atoms with Gasteiger partial charge in [-0.25, -0.2) is 0 Å². The van der Waals surface area contributed by atoms with Crippen molar-refractivity contribution in [2.45, 2.75) is 26.2 Å². The lowest BCUT2D eigenvalue weighted by molar-refractivity contribution is 0.405. The van der Waals surface area contributed by atoms with E-state index in [1.54, 1.807) is 4.80 Å². The van der Waals surface area contributed by atoms with Crippen LogP contribution in [0.25, 0.3) is 16.7 Å². The maximum Gasteiger partial charge on any atom is 0.146 e. The van der Waals surface area contributed by atoms with Crippen molar-refractivity contribution in [3.8, 4) is 11.4 Å². The summed E-state index contributed by atoms with van der Waals surface area (Å²) >= 11 is 0. The van der Waals surface area contributed by atoms with E-state index in [-0.39, 0.29) is 11.2 Å². The maximum atomic E-state index is 11.3. The number of phenols is 1. The molecule has 3 aromatic carbocycles. The van der Waals surface area contributed by atoms with E-state index in [4.69, 9.17) is 0 Å². The molecule has 0 saturated carbocycles. The Labute approximate surface area is 182 Å². The van der Waals surface area contributed by atoms with Gasteiger partial charge in [0.1, 0.15) is 22.5 Å². The van der Waals surface area contributed by atoms with Gasteiger partial charge in [0.15, 0.2) is 0 Å². The van der Waals surface area contributed by atoms with E-state index in [1.807, 2.05) is 36.4 Å². The smallest absolute Gasteiger partial charge is 0.146 e. The van der Waals surface area contributed by atoms with E-state index in [1.165, 1.54) is 5.56 Å². The highest BCUT2D eigenvalue weighted by atomic mass is 16.3. The van der Waals surface area contributed by atoms with Crippen LogP contribution >= 0.6 is 0 Å². The lowest BCUT2D eigenvalue weighted by Crippen LogP contribution is -2.18. The van der Waals surface area contributed by atoms with Gasteiger partial charge in [-0.05, 0) is 59.6 Å². The molecule has 0 amide bonds. The molecule has 0 spiro atoms. The van der Waals surface area contributed by atoms with Gasteiger partial charge in [0, 0.05) is 0 Å². The number of rotatable bonds is 5. The molecule has 4 nitrogen and oxygen atoms in total. The van der Waals surface area contributed by atoms with Crippen LogP contribution in [0.2, 0.25) is 0 Å². The largest absolute Gasteiger partial charge is 0.505 e. The van der Waals surface area contributed by atoms with Crippen LogP contribution in [0.3, 0.4) is 0 Å². The van der Waals surface area contributed by atoms with Crippen LogP contribution in [0.15, 0.2) is 91.0 Å². The first-order chi connectivity index (χ1) is 15.1. The third kappa shape index (κ3) is 4.02. The third-order valence-corrected chi connectivity index (χ3v) is 5.91. The van der Waals surface area contributed by atoms with Crippen LogP contribution in [0, 0.1) is 5.41 Å². The fourth-order valence-corrected chi connectivity index (χ4v) is 4.27. The van der Waals surface area contributed by atoms with E-state index in [0.29, 0.717) is 5.69 Å². The van der Waals surface area contributed by atoms with Gasteiger partial charge in [-0.1, -0.05) is 79.8 Å². The van der Waals surface area contributed by atoms with Gasteiger partial charge in [0.25, 0.3) is 0 Å². The summed E-state index contributed by atoms with van der Waals surface area (Å²) in [6.45, 7) is 2.23. The first-order valence-corrected chi connectivity index (χ1v) is 10.7. The molecule has 31 heavy (non-hydrogen) atoms. The zero-order valence-corrected chi connectivity index (χ0v) is 17.6. The highest BCUT2D eigenvalue weighted by Crippen LogP contribution is 2.37. The molecule has 1 unspecified atom stereocenters. The molecule has 1 atom stereocenters. The first kappa shape index (κ1) is 19.3. The molecule has 4 heteroatoms. The van der Waals surface area contributed by atoms with Crippen LogP contribution in [0.1, 0.15) is 30.0 Å². The van der Waals surface area contributed by atoms with Crippen molar-refractivity contribution in [2.24, 2.45) is 5.41 Å². The third-order valence-electron chi connectivity index (χ3n) is 5.91. The highest BCUT2D eigenvalue weighted by Gasteiger charge is 2.25. The van der Waals surface area contributed by atoms with Crippen molar-refractivity contribution in [1.29, 1.82) is 0 Å². The molecule has 0 bridgehead atoms. The minimum atomic E-state index is -0.0306. The SMILES string of the molecule is CC1(Cc2cc(Cc3ccccc3)cc(-n3nc4ccccc4n3)c2O)C=CC=CC1. The predicted octanol–water partition coefficient (Wildman–Crippen LogP) is 5.78. The first-order valence-electron chi connectivity index (χ1n) is 10.7. The molecule has 0 saturated heterocycles. The fourth-order valence-electron chi connectivity index (χ4n) is 4.27. The van der Waals surface area contributed by atoms with Gasteiger partial charge in [-0.3, -0.25) is 0 Å². The molecular formula is C27H25N3O. The number of nitrogens with zero attached hydrogens (tertiary/aromatic N) is 3. The number of allylic oxidation sites excluding steroid dienone is 4. The zero-order chi connectivity index (χ0) is 21.3. The molecule has 1 aliphatic carbocycles. The van der Waals surface area contributed by atoms with Gasteiger partial charge in [0.05, 0.1) is 0 Å². The minimum absolute atomic E-state index is 0.0306. The monoisotopic (exact) mass is 407 g/mol. The topological polar surface area (TPSA) is 50.9 Å². The summed E-state index contributed by atoms with van der Waals surface area (Å²) in [4.78, 5) is 1.57. The van der Waals surface area contributed by atoms with E-state index >= 15 is 0 Å². The Bertz CT molecular complexity index is 1250. The molecule has 1 N–H and O–H groups in total. The van der Waals surface area contributed by atoms with Crippen LogP contribution in [-0.2, 0) is 12.8 Å². The minimum Gasteiger partial charge on any atom is -0.505 e. The number of benzene rings is 3. The number of phenolic OH excluding ortho intramolecular Hbond substituents is 1. The average Bonchev–Trinajstić information content (AvgIpc) is 3.21. The van der Waals surface area contributed by atoms with Crippen LogP contribution in [-0.4, -0.2) is 20.1 Å². The fraction of sp³-hybridized carbons (Fsp3) is 0.185.